The second-order valence-corrected chi connectivity index (χ2v) is 16.5. The summed E-state index contributed by atoms with van der Waals surface area (Å²) in [6.45, 7) is 7.05. The van der Waals surface area contributed by atoms with Crippen molar-refractivity contribution in [2.45, 2.75) is 27.4 Å². The molecule has 0 fully saturated rings. The Balaban J connectivity index is 0.000000178. The van der Waals surface area contributed by atoms with Crippen LogP contribution in [0.4, 0.5) is 0 Å². The zero-order valence-corrected chi connectivity index (χ0v) is 37.6. The maximum atomic E-state index is 11.9. The number of thiazole rings is 3. The van der Waals surface area contributed by atoms with Gasteiger partial charge < -0.3 is 33.5 Å². The van der Waals surface area contributed by atoms with Crippen LogP contribution in [-0.4, -0.2) is 79.6 Å². The molecule has 0 spiro atoms. The van der Waals surface area contributed by atoms with Crippen molar-refractivity contribution >= 4 is 51.9 Å². The van der Waals surface area contributed by atoms with Crippen molar-refractivity contribution in [2.24, 2.45) is 0 Å². The minimum Gasteiger partial charge on any atom is -0.508 e. The molecular weight excluding hydrogens is 851 g/mol. The van der Waals surface area contributed by atoms with Crippen molar-refractivity contribution in [1.82, 2.24) is 15.0 Å². The Kier molecular flexibility index (Phi) is 17.2. The maximum absolute atomic E-state index is 11.9. The third-order valence-electron chi connectivity index (χ3n) is 8.44. The number of nitrogens with zero attached hydrogens (tertiary/aromatic N) is 3. The van der Waals surface area contributed by atoms with Crippen LogP contribution in [-0.2, 0) is 25.6 Å². The van der Waals surface area contributed by atoms with Crippen LogP contribution in [0.3, 0.4) is 0 Å². The molecule has 7 rings (SSSR count). The summed E-state index contributed by atoms with van der Waals surface area (Å²) in [5, 5.41) is 11.9. The Morgan fingerprint density at radius 1 is 0.516 bits per heavy atom. The molecule has 0 aliphatic heterocycles. The van der Waals surface area contributed by atoms with Crippen LogP contribution in [0.1, 0.15) is 52.1 Å². The number of phenols is 1. The van der Waals surface area contributed by atoms with E-state index in [4.69, 9.17) is 23.7 Å². The molecule has 0 atom stereocenters. The predicted octanol–water partition coefficient (Wildman–Crippen LogP) is 10.0. The molecule has 0 saturated heterocycles. The molecule has 62 heavy (non-hydrogen) atoms. The first-order valence-corrected chi connectivity index (χ1v) is 21.3. The van der Waals surface area contributed by atoms with Crippen molar-refractivity contribution in [3.8, 4) is 48.6 Å². The normalized spacial score (nSPS) is 10.4. The summed E-state index contributed by atoms with van der Waals surface area (Å²) in [6, 6.07) is 31.9. The summed E-state index contributed by atoms with van der Waals surface area (Å²) < 4.78 is 30.7. The second-order valence-electron chi connectivity index (χ2n) is 12.9. The van der Waals surface area contributed by atoms with Crippen molar-refractivity contribution in [3.63, 3.8) is 0 Å². The molecule has 1 N–H and O–H groups in total. The van der Waals surface area contributed by atoms with Crippen LogP contribution in [0.5, 0.6) is 17.2 Å². The van der Waals surface area contributed by atoms with Gasteiger partial charge in [0.2, 0.25) is 0 Å². The first kappa shape index (κ1) is 46.6. The van der Waals surface area contributed by atoms with Crippen molar-refractivity contribution < 1.29 is 47.9 Å². The van der Waals surface area contributed by atoms with Gasteiger partial charge in [0.15, 0.2) is 17.1 Å². The fraction of sp³-hybridized carbons (Fsp3) is 0.217. The Morgan fingerprint density at radius 3 is 1.35 bits per heavy atom. The third kappa shape index (κ3) is 12.8. The number of hydrogen-bond donors (Lipinski definition) is 1. The molecule has 16 heteroatoms. The highest BCUT2D eigenvalue weighted by atomic mass is 32.1. The molecule has 0 aliphatic carbocycles. The van der Waals surface area contributed by atoms with E-state index in [-0.39, 0.29) is 5.75 Å². The number of aromatic nitrogens is 3. The smallest absolute Gasteiger partial charge is 0.358 e. The number of rotatable bonds is 13. The molecule has 7 aromatic rings. The molecule has 0 unspecified atom stereocenters. The van der Waals surface area contributed by atoms with E-state index in [0.717, 1.165) is 58.5 Å². The van der Waals surface area contributed by atoms with Gasteiger partial charge >= 0.3 is 17.9 Å². The fourth-order valence-corrected chi connectivity index (χ4v) is 8.37. The first-order valence-electron chi connectivity index (χ1n) is 18.9. The molecule has 0 amide bonds. The number of phenolic OH excluding ortho intramolecular Hbond substituents is 1. The summed E-state index contributed by atoms with van der Waals surface area (Å²) in [5.74, 6) is 0.312. The minimum absolute atomic E-state index is 0.157. The standard InChI is InChI=1S/C19H17NO3S.C15H17NO4S.C12H11NO3S/c1-13-20-17(19(21)22-2)18(24-13)15-9-6-10-16(11-15)23-12-14-7-4-3-5-8-14;1-10-16-13(15(17)19-3)14(21-10)11-5-4-6-12(9-11)20-8-7-18-2;1-7-13-10(12(15)16-2)11(17-7)8-4-3-5-9(14)6-8/h3-11H,12H2,1-2H3;4-6,9H,7-8H2,1-3H3;3-6,14H,1-2H3. The van der Waals surface area contributed by atoms with Crippen LogP contribution >= 0.6 is 34.0 Å². The number of carbonyl (C=O) groups excluding carboxylic acids is 3. The summed E-state index contributed by atoms with van der Waals surface area (Å²) in [4.78, 5) is 50.2. The van der Waals surface area contributed by atoms with Gasteiger partial charge in [0, 0.05) is 7.11 Å². The van der Waals surface area contributed by atoms with E-state index in [0.29, 0.717) is 41.8 Å². The Labute approximate surface area is 371 Å². The van der Waals surface area contributed by atoms with E-state index in [9.17, 15) is 19.5 Å². The number of esters is 3. The Bertz CT molecular complexity index is 2590. The molecule has 3 aromatic heterocycles. The van der Waals surface area contributed by atoms with Crippen LogP contribution < -0.4 is 9.47 Å². The largest absolute Gasteiger partial charge is 0.508 e. The topological polar surface area (TPSA) is 165 Å². The van der Waals surface area contributed by atoms with Gasteiger partial charge in [-0.1, -0.05) is 66.7 Å². The van der Waals surface area contributed by atoms with Gasteiger partial charge in [-0.2, -0.15) is 0 Å². The van der Waals surface area contributed by atoms with E-state index in [1.807, 2.05) is 106 Å². The average Bonchev–Trinajstić information content (AvgIpc) is 4.02. The van der Waals surface area contributed by atoms with Gasteiger partial charge in [-0.25, -0.2) is 29.3 Å². The molecule has 322 valence electrons. The van der Waals surface area contributed by atoms with Crippen LogP contribution in [0.2, 0.25) is 0 Å². The number of benzene rings is 4. The lowest BCUT2D eigenvalue weighted by molar-refractivity contribution is 0.0587. The first-order chi connectivity index (χ1) is 29.9. The molecular formula is C46H45N3O10S3. The molecule has 0 radical (unpaired) electrons. The van der Waals surface area contributed by atoms with Gasteiger partial charge in [0.25, 0.3) is 0 Å². The lowest BCUT2D eigenvalue weighted by Gasteiger charge is -2.08. The van der Waals surface area contributed by atoms with Crippen molar-refractivity contribution in [2.75, 3.05) is 41.7 Å². The lowest BCUT2D eigenvalue weighted by atomic mass is 10.1. The Morgan fingerprint density at radius 2 is 0.935 bits per heavy atom. The quantitative estimate of drug-likeness (QED) is 0.0661. The maximum Gasteiger partial charge on any atom is 0.358 e. The lowest BCUT2D eigenvalue weighted by Crippen LogP contribution is -2.05. The molecule has 3 heterocycles. The number of aromatic hydroxyl groups is 1. The number of aryl methyl sites for hydroxylation is 3. The number of methoxy groups -OCH3 is 4. The van der Waals surface area contributed by atoms with E-state index in [2.05, 4.69) is 19.7 Å². The number of ether oxygens (including phenoxy) is 6. The average molecular weight is 896 g/mol. The molecule has 0 saturated carbocycles. The van der Waals surface area contributed by atoms with Gasteiger partial charge in [-0.05, 0) is 79.4 Å². The monoisotopic (exact) mass is 895 g/mol. The third-order valence-corrected chi connectivity index (χ3v) is 11.5. The molecule has 0 aliphatic rings. The highest BCUT2D eigenvalue weighted by Crippen LogP contribution is 2.35. The van der Waals surface area contributed by atoms with Crippen LogP contribution in [0.25, 0.3) is 31.3 Å². The fourth-order valence-electron chi connectivity index (χ4n) is 5.66. The summed E-state index contributed by atoms with van der Waals surface area (Å²) in [6.07, 6.45) is 0. The van der Waals surface area contributed by atoms with Gasteiger partial charge in [0.1, 0.15) is 30.5 Å². The number of hydrogen-bond acceptors (Lipinski definition) is 16. The van der Waals surface area contributed by atoms with E-state index in [1.54, 1.807) is 25.3 Å². The zero-order valence-electron chi connectivity index (χ0n) is 35.1. The molecule has 4 aromatic carbocycles. The van der Waals surface area contributed by atoms with Crippen LogP contribution in [0.15, 0.2) is 103 Å². The van der Waals surface area contributed by atoms with Gasteiger partial charge in [-0.15, -0.1) is 34.0 Å². The van der Waals surface area contributed by atoms with E-state index in [1.165, 1.54) is 55.3 Å². The Hall–Kier alpha value is -6.46. The van der Waals surface area contributed by atoms with E-state index < -0.39 is 17.9 Å². The highest BCUT2D eigenvalue weighted by molar-refractivity contribution is 7.16. The second kappa shape index (κ2) is 22.9. The van der Waals surface area contributed by atoms with Gasteiger partial charge in [0.05, 0.1) is 57.6 Å². The SMILES string of the molecule is COC(=O)c1nc(C)sc1-c1cccc(O)c1.COC(=O)c1nc(C)sc1-c1cccc(OCc2ccccc2)c1.COCCOc1cccc(-c2sc(C)nc2C(=O)OC)c1. The predicted molar refractivity (Wildman–Crippen MR) is 241 cm³/mol. The highest BCUT2D eigenvalue weighted by Gasteiger charge is 2.21. The van der Waals surface area contributed by atoms with Gasteiger partial charge in [-0.3, -0.25) is 0 Å². The number of carbonyl (C=O) groups is 3. The van der Waals surface area contributed by atoms with Crippen molar-refractivity contribution in [1.29, 1.82) is 0 Å². The summed E-state index contributed by atoms with van der Waals surface area (Å²) >= 11 is 4.32. The van der Waals surface area contributed by atoms with Crippen molar-refractivity contribution in [3.05, 3.63) is 141 Å². The van der Waals surface area contributed by atoms with E-state index >= 15 is 0 Å². The van der Waals surface area contributed by atoms with Crippen LogP contribution in [0, 0.1) is 20.8 Å². The summed E-state index contributed by atoms with van der Waals surface area (Å²) in [7, 11) is 5.66. The molecule has 13 nitrogen and oxygen atoms in total. The molecule has 0 bridgehead atoms. The zero-order chi connectivity index (χ0) is 44.6. The summed E-state index contributed by atoms with van der Waals surface area (Å²) in [5.41, 5.74) is 4.63. The minimum atomic E-state index is -0.465.